The third kappa shape index (κ3) is 3.77. The van der Waals surface area contributed by atoms with Gasteiger partial charge in [-0.25, -0.2) is 4.98 Å². The molecule has 1 saturated heterocycles. The zero-order chi connectivity index (χ0) is 12.8. The summed E-state index contributed by atoms with van der Waals surface area (Å²) in [5, 5.41) is 7.35. The molecule has 0 bridgehead atoms. The molecule has 2 rings (SSSR count). The Bertz CT molecular complexity index is 377. The Morgan fingerprint density at radius 2 is 2.28 bits per heavy atom. The van der Waals surface area contributed by atoms with E-state index in [9.17, 15) is 0 Å². The van der Waals surface area contributed by atoms with Crippen molar-refractivity contribution in [2.75, 3.05) is 29.5 Å². The van der Waals surface area contributed by atoms with Crippen LogP contribution in [0.4, 0.5) is 11.8 Å². The molecule has 0 radical (unpaired) electrons. The van der Waals surface area contributed by atoms with E-state index >= 15 is 0 Å². The maximum atomic E-state index is 4.50. The van der Waals surface area contributed by atoms with Crippen LogP contribution in [0.15, 0.2) is 6.20 Å². The molecule has 1 aliphatic heterocycles. The summed E-state index contributed by atoms with van der Waals surface area (Å²) in [6, 6.07) is 0. The molecular weight excluding hydrogens is 244 g/mol. The van der Waals surface area contributed by atoms with Crippen molar-refractivity contribution in [3.63, 3.8) is 0 Å². The Labute approximate surface area is 113 Å². The second kappa shape index (κ2) is 6.83. The molecule has 100 valence electrons. The third-order valence-corrected chi connectivity index (χ3v) is 4.48. The number of rotatable bonds is 5. The first-order valence-electron chi connectivity index (χ1n) is 6.72. The summed E-state index contributed by atoms with van der Waals surface area (Å²) in [6.07, 6.45) is 5.94. The minimum atomic E-state index is 0.710. The molecule has 5 heteroatoms. The largest absolute Gasteiger partial charge is 0.369 e. The van der Waals surface area contributed by atoms with Crippen LogP contribution in [0, 0.1) is 6.92 Å². The van der Waals surface area contributed by atoms with Gasteiger partial charge in [0.2, 0.25) is 5.95 Å². The van der Waals surface area contributed by atoms with Crippen LogP contribution in [0.1, 0.15) is 31.7 Å². The second-order valence-corrected chi connectivity index (χ2v) is 6.03. The second-order valence-electron chi connectivity index (χ2n) is 4.63. The number of thioether (sulfide) groups is 1. The van der Waals surface area contributed by atoms with Crippen LogP contribution in [0.2, 0.25) is 0 Å². The van der Waals surface area contributed by atoms with Gasteiger partial charge in [0.25, 0.3) is 0 Å². The van der Waals surface area contributed by atoms with E-state index in [2.05, 4.69) is 39.3 Å². The molecule has 0 aliphatic carbocycles. The minimum Gasteiger partial charge on any atom is -0.369 e. The highest BCUT2D eigenvalue weighted by molar-refractivity contribution is 7.99. The van der Waals surface area contributed by atoms with Crippen molar-refractivity contribution in [2.45, 2.75) is 38.4 Å². The minimum absolute atomic E-state index is 0.710. The SMILES string of the molecule is CCNc1ncc(C)c(NCC2CCCCS2)n1. The highest BCUT2D eigenvalue weighted by Gasteiger charge is 2.14. The van der Waals surface area contributed by atoms with Gasteiger partial charge in [-0.05, 0) is 32.4 Å². The van der Waals surface area contributed by atoms with Gasteiger partial charge in [-0.1, -0.05) is 6.42 Å². The Hall–Kier alpha value is -0.970. The average Bonchev–Trinajstić information content (AvgIpc) is 2.41. The number of hydrogen-bond donors (Lipinski definition) is 2. The van der Waals surface area contributed by atoms with Gasteiger partial charge in [-0.2, -0.15) is 16.7 Å². The molecule has 1 atom stereocenters. The van der Waals surface area contributed by atoms with Gasteiger partial charge in [0.15, 0.2) is 0 Å². The summed E-state index contributed by atoms with van der Waals surface area (Å²) in [5.41, 5.74) is 1.11. The van der Waals surface area contributed by atoms with E-state index in [4.69, 9.17) is 0 Å². The maximum Gasteiger partial charge on any atom is 0.224 e. The number of hydrogen-bond acceptors (Lipinski definition) is 5. The lowest BCUT2D eigenvalue weighted by Gasteiger charge is -2.22. The van der Waals surface area contributed by atoms with Crippen LogP contribution < -0.4 is 10.6 Å². The highest BCUT2D eigenvalue weighted by atomic mass is 32.2. The molecule has 2 heterocycles. The predicted molar refractivity (Wildman–Crippen MR) is 79.5 cm³/mol. The smallest absolute Gasteiger partial charge is 0.224 e. The van der Waals surface area contributed by atoms with Gasteiger partial charge >= 0.3 is 0 Å². The fraction of sp³-hybridized carbons (Fsp3) is 0.692. The first kappa shape index (κ1) is 13.5. The standard InChI is InChI=1S/C13H22N4S/c1-3-14-13-16-8-10(2)12(17-13)15-9-11-6-4-5-7-18-11/h8,11H,3-7,9H2,1-2H3,(H2,14,15,16,17). The fourth-order valence-corrected chi connectivity index (χ4v) is 3.28. The zero-order valence-corrected chi connectivity index (χ0v) is 12.0. The van der Waals surface area contributed by atoms with Gasteiger partial charge in [0.1, 0.15) is 5.82 Å². The van der Waals surface area contributed by atoms with Gasteiger partial charge in [-0.15, -0.1) is 0 Å². The van der Waals surface area contributed by atoms with Crippen molar-refractivity contribution in [1.82, 2.24) is 9.97 Å². The van der Waals surface area contributed by atoms with Crippen LogP contribution in [-0.4, -0.2) is 34.1 Å². The van der Waals surface area contributed by atoms with Crippen LogP contribution in [0.5, 0.6) is 0 Å². The van der Waals surface area contributed by atoms with Crippen molar-refractivity contribution in [1.29, 1.82) is 0 Å². The zero-order valence-electron chi connectivity index (χ0n) is 11.2. The molecule has 0 saturated carbocycles. The summed E-state index contributed by atoms with van der Waals surface area (Å²) in [7, 11) is 0. The quantitative estimate of drug-likeness (QED) is 0.858. The molecule has 0 amide bonds. The van der Waals surface area contributed by atoms with E-state index in [0.29, 0.717) is 5.95 Å². The summed E-state index contributed by atoms with van der Waals surface area (Å²) in [5.74, 6) is 2.98. The summed E-state index contributed by atoms with van der Waals surface area (Å²) in [4.78, 5) is 8.76. The van der Waals surface area contributed by atoms with E-state index in [0.717, 1.165) is 29.7 Å². The number of aromatic nitrogens is 2. The molecule has 2 N–H and O–H groups in total. The number of nitrogens with zero attached hydrogens (tertiary/aromatic N) is 2. The fourth-order valence-electron chi connectivity index (χ4n) is 2.04. The molecule has 1 aromatic rings. The maximum absolute atomic E-state index is 4.50. The van der Waals surface area contributed by atoms with Gasteiger partial charge in [0.05, 0.1) is 0 Å². The molecule has 1 aliphatic rings. The molecule has 0 aromatic carbocycles. The van der Waals surface area contributed by atoms with Crippen LogP contribution >= 0.6 is 11.8 Å². The van der Waals surface area contributed by atoms with E-state index in [1.165, 1.54) is 25.0 Å². The molecule has 18 heavy (non-hydrogen) atoms. The Morgan fingerprint density at radius 1 is 1.39 bits per heavy atom. The van der Waals surface area contributed by atoms with Crippen LogP contribution in [0.3, 0.4) is 0 Å². The van der Waals surface area contributed by atoms with Crippen molar-refractivity contribution < 1.29 is 0 Å². The highest BCUT2D eigenvalue weighted by Crippen LogP contribution is 2.25. The summed E-state index contributed by atoms with van der Waals surface area (Å²) < 4.78 is 0. The van der Waals surface area contributed by atoms with Gasteiger partial charge in [0, 0.05) is 30.1 Å². The summed E-state index contributed by atoms with van der Waals surface area (Å²) >= 11 is 2.08. The van der Waals surface area contributed by atoms with E-state index in [1.807, 2.05) is 13.1 Å². The Kier molecular flexibility index (Phi) is 5.11. The van der Waals surface area contributed by atoms with Gasteiger partial charge < -0.3 is 10.6 Å². The first-order chi connectivity index (χ1) is 8.79. The summed E-state index contributed by atoms with van der Waals surface area (Å²) in [6.45, 7) is 5.95. The van der Waals surface area contributed by atoms with Crippen LogP contribution in [0.25, 0.3) is 0 Å². The topological polar surface area (TPSA) is 49.8 Å². The third-order valence-electron chi connectivity index (χ3n) is 3.08. The van der Waals surface area contributed by atoms with Gasteiger partial charge in [-0.3, -0.25) is 0 Å². The number of aryl methyl sites for hydroxylation is 1. The Morgan fingerprint density at radius 3 is 3.00 bits per heavy atom. The first-order valence-corrected chi connectivity index (χ1v) is 7.77. The van der Waals surface area contributed by atoms with Crippen molar-refractivity contribution in [2.24, 2.45) is 0 Å². The van der Waals surface area contributed by atoms with Crippen molar-refractivity contribution in [3.05, 3.63) is 11.8 Å². The molecule has 0 spiro atoms. The average molecular weight is 266 g/mol. The van der Waals surface area contributed by atoms with Crippen molar-refractivity contribution >= 4 is 23.5 Å². The molecule has 1 aromatic heterocycles. The molecule has 1 fully saturated rings. The molecule has 4 nitrogen and oxygen atoms in total. The Balaban J connectivity index is 1.92. The van der Waals surface area contributed by atoms with E-state index in [-0.39, 0.29) is 0 Å². The normalized spacial score (nSPS) is 19.6. The predicted octanol–water partition coefficient (Wildman–Crippen LogP) is 2.91. The van der Waals surface area contributed by atoms with Crippen LogP contribution in [-0.2, 0) is 0 Å². The molecule has 1 unspecified atom stereocenters. The van der Waals surface area contributed by atoms with E-state index < -0.39 is 0 Å². The van der Waals surface area contributed by atoms with Crippen molar-refractivity contribution in [3.8, 4) is 0 Å². The lowest BCUT2D eigenvalue weighted by Crippen LogP contribution is -2.21. The number of nitrogens with one attached hydrogen (secondary N) is 2. The monoisotopic (exact) mass is 266 g/mol. The molecular formula is C13H22N4S. The number of anilines is 2. The van der Waals surface area contributed by atoms with E-state index in [1.54, 1.807) is 0 Å². The lowest BCUT2D eigenvalue weighted by atomic mass is 10.2. The lowest BCUT2D eigenvalue weighted by molar-refractivity contribution is 0.676.